The Kier molecular flexibility index (Phi) is 10.0. The van der Waals surface area contributed by atoms with Gasteiger partial charge in [0.1, 0.15) is 16.9 Å². The van der Waals surface area contributed by atoms with E-state index >= 15 is 0 Å². The number of imidazole rings is 1. The van der Waals surface area contributed by atoms with Gasteiger partial charge in [-0.25, -0.2) is 9.97 Å². The second kappa shape index (κ2) is 13.4. The van der Waals surface area contributed by atoms with Crippen molar-refractivity contribution in [3.05, 3.63) is 77.7 Å². The van der Waals surface area contributed by atoms with Gasteiger partial charge in [-0.1, -0.05) is 58.0 Å². The molecule has 8 nitrogen and oxygen atoms in total. The Morgan fingerprint density at radius 1 is 0.973 bits per heavy atom. The van der Waals surface area contributed by atoms with E-state index in [1.54, 1.807) is 6.33 Å². The highest BCUT2D eigenvalue weighted by Crippen LogP contribution is 2.29. The van der Waals surface area contributed by atoms with Gasteiger partial charge < -0.3 is 25.8 Å². The fraction of sp³-hybridized carbons (Fsp3) is 0.345. The average Bonchev–Trinajstić information content (AvgIpc) is 3.42. The van der Waals surface area contributed by atoms with Crippen molar-refractivity contribution in [1.29, 1.82) is 0 Å². The third kappa shape index (κ3) is 6.65. The lowest BCUT2D eigenvalue weighted by Gasteiger charge is -2.34. The molecule has 2 aromatic heterocycles. The molecule has 1 saturated heterocycles. The molecule has 0 spiro atoms. The first-order valence-corrected chi connectivity index (χ1v) is 13.1. The lowest BCUT2D eigenvalue weighted by atomic mass is 10.1. The Morgan fingerprint density at radius 3 is 2.24 bits per heavy atom. The van der Waals surface area contributed by atoms with Gasteiger partial charge >= 0.3 is 0 Å². The molecule has 5 rings (SSSR count). The maximum absolute atomic E-state index is 12.4. The van der Waals surface area contributed by atoms with E-state index in [9.17, 15) is 4.79 Å². The van der Waals surface area contributed by atoms with Gasteiger partial charge in [-0.05, 0) is 36.9 Å². The summed E-state index contributed by atoms with van der Waals surface area (Å²) in [6, 6.07) is 18.3. The molecule has 3 heterocycles. The van der Waals surface area contributed by atoms with E-state index in [1.807, 2.05) is 58.0 Å². The number of carbonyl (C=O) groups excluding carboxylic acids is 1. The second-order valence-electron chi connectivity index (χ2n) is 8.40. The van der Waals surface area contributed by atoms with Crippen LogP contribution in [0.3, 0.4) is 0 Å². The van der Waals surface area contributed by atoms with E-state index in [-0.39, 0.29) is 5.56 Å². The molecule has 2 aromatic carbocycles. The predicted molar refractivity (Wildman–Crippen MR) is 154 cm³/mol. The van der Waals surface area contributed by atoms with E-state index in [1.165, 1.54) is 5.69 Å². The summed E-state index contributed by atoms with van der Waals surface area (Å²) in [7, 11) is 2.15. The zero-order valence-electron chi connectivity index (χ0n) is 22.6. The van der Waals surface area contributed by atoms with E-state index in [0.717, 1.165) is 48.6 Å². The lowest BCUT2D eigenvalue weighted by Crippen LogP contribution is -2.44. The predicted octanol–water partition coefficient (Wildman–Crippen LogP) is 5.20. The third-order valence-corrected chi connectivity index (χ3v) is 6.11. The molecule has 4 N–H and O–H groups in total. The summed E-state index contributed by atoms with van der Waals surface area (Å²) in [5, 5.41) is 3.31. The van der Waals surface area contributed by atoms with E-state index < -0.39 is 5.91 Å². The molecule has 0 unspecified atom stereocenters. The summed E-state index contributed by atoms with van der Waals surface area (Å²) in [4.78, 5) is 29.4. The van der Waals surface area contributed by atoms with Crippen LogP contribution in [0.5, 0.6) is 0 Å². The zero-order valence-corrected chi connectivity index (χ0v) is 22.6. The Balaban J connectivity index is 0.000000907. The molecule has 37 heavy (non-hydrogen) atoms. The highest BCUT2D eigenvalue weighted by molar-refractivity contribution is 6.09. The fourth-order valence-corrected chi connectivity index (χ4v) is 4.26. The van der Waals surface area contributed by atoms with Crippen LogP contribution in [0.15, 0.2) is 60.9 Å². The summed E-state index contributed by atoms with van der Waals surface area (Å²) < 4.78 is 0. The Bertz CT molecular complexity index is 1260. The maximum Gasteiger partial charge on any atom is 0.254 e. The number of nitrogens with two attached hydrogens (primary N) is 1. The van der Waals surface area contributed by atoms with Crippen molar-refractivity contribution in [3.63, 3.8) is 0 Å². The largest absolute Gasteiger partial charge is 0.369 e. The number of nitrogens with zero attached hydrogens (tertiary/aromatic N) is 4. The van der Waals surface area contributed by atoms with E-state index in [2.05, 4.69) is 56.4 Å². The summed E-state index contributed by atoms with van der Waals surface area (Å²) in [6.07, 6.45) is 2.18. The van der Waals surface area contributed by atoms with Gasteiger partial charge in [0.2, 0.25) is 0 Å². The molecule has 1 aliphatic rings. The summed E-state index contributed by atoms with van der Waals surface area (Å²) in [5.41, 5.74) is 11.2. The molecular weight excluding hydrogens is 462 g/mol. The number of nitrogens with one attached hydrogen (secondary N) is 2. The smallest absolute Gasteiger partial charge is 0.254 e. The number of benzene rings is 2. The first-order valence-electron chi connectivity index (χ1n) is 13.1. The standard InChI is InChI=1S/C25H27N7O.2C2H6/c1-31-11-13-32(14-12-31)19-9-7-18(8-10-19)29-25-21(24(26)33)23-22(27-16-28-23)20(30-25)15-17-5-3-2-4-6-17;2*1-2/h2-10,16H,11-15H2,1H3,(H2,26,33)(H,27,28)(H,29,30);2*1-2H3. The number of primary amides is 1. The third-order valence-electron chi connectivity index (χ3n) is 6.11. The first kappa shape index (κ1) is 27.7. The van der Waals surface area contributed by atoms with Crippen molar-refractivity contribution in [2.45, 2.75) is 34.1 Å². The van der Waals surface area contributed by atoms with Crippen molar-refractivity contribution in [2.24, 2.45) is 5.73 Å². The number of anilines is 3. The van der Waals surface area contributed by atoms with Crippen molar-refractivity contribution < 1.29 is 4.79 Å². The van der Waals surface area contributed by atoms with Crippen LogP contribution in [0, 0.1) is 0 Å². The normalized spacial score (nSPS) is 13.3. The first-order chi connectivity index (χ1) is 18.1. The Hall–Kier alpha value is -3.91. The number of pyridine rings is 1. The van der Waals surface area contributed by atoms with Crippen molar-refractivity contribution in [3.8, 4) is 0 Å². The topological polar surface area (TPSA) is 103 Å². The van der Waals surface area contributed by atoms with Gasteiger partial charge in [0, 0.05) is 44.0 Å². The number of amides is 1. The lowest BCUT2D eigenvalue weighted by molar-refractivity contribution is 0.100. The summed E-state index contributed by atoms with van der Waals surface area (Å²) in [5.74, 6) is -0.150. The number of rotatable bonds is 6. The molecule has 1 fully saturated rings. The molecule has 1 amide bonds. The van der Waals surface area contributed by atoms with Crippen LogP contribution < -0.4 is 16.0 Å². The number of aromatic nitrogens is 3. The van der Waals surface area contributed by atoms with Crippen LogP contribution in [0.4, 0.5) is 17.2 Å². The Morgan fingerprint density at radius 2 is 1.62 bits per heavy atom. The van der Waals surface area contributed by atoms with Crippen LogP contribution in [0.25, 0.3) is 11.0 Å². The quantitative estimate of drug-likeness (QED) is 0.336. The van der Waals surface area contributed by atoms with Gasteiger partial charge in [-0.3, -0.25) is 4.79 Å². The molecule has 0 saturated carbocycles. The molecule has 0 aliphatic carbocycles. The van der Waals surface area contributed by atoms with Crippen LogP contribution in [0.2, 0.25) is 0 Å². The number of likely N-dealkylation sites (N-methyl/N-ethyl adjacent to an activating group) is 1. The molecule has 0 radical (unpaired) electrons. The summed E-state index contributed by atoms with van der Waals surface area (Å²) in [6.45, 7) is 12.1. The average molecular weight is 502 g/mol. The number of aromatic amines is 1. The van der Waals surface area contributed by atoms with Gasteiger partial charge in [-0.2, -0.15) is 0 Å². The molecule has 0 atom stereocenters. The fourth-order valence-electron chi connectivity index (χ4n) is 4.26. The molecule has 4 aromatic rings. The van der Waals surface area contributed by atoms with Crippen LogP contribution in [0.1, 0.15) is 49.3 Å². The summed E-state index contributed by atoms with van der Waals surface area (Å²) >= 11 is 0. The minimum atomic E-state index is -0.567. The minimum absolute atomic E-state index is 0.284. The van der Waals surface area contributed by atoms with Gasteiger partial charge in [0.05, 0.1) is 17.5 Å². The number of H-pyrrole nitrogens is 1. The van der Waals surface area contributed by atoms with Crippen molar-refractivity contribution in [2.75, 3.05) is 43.4 Å². The molecular formula is C29H39N7O. The second-order valence-corrected chi connectivity index (χ2v) is 8.40. The zero-order chi connectivity index (χ0) is 26.8. The molecule has 196 valence electrons. The maximum atomic E-state index is 12.4. The van der Waals surface area contributed by atoms with Gasteiger partial charge in [-0.15, -0.1) is 0 Å². The van der Waals surface area contributed by atoms with Gasteiger partial charge in [0.15, 0.2) is 0 Å². The minimum Gasteiger partial charge on any atom is -0.369 e. The van der Waals surface area contributed by atoms with E-state index in [4.69, 9.17) is 10.7 Å². The number of hydrogen-bond acceptors (Lipinski definition) is 6. The van der Waals surface area contributed by atoms with Gasteiger partial charge in [0.25, 0.3) is 5.91 Å². The molecule has 1 aliphatic heterocycles. The van der Waals surface area contributed by atoms with E-state index in [0.29, 0.717) is 17.8 Å². The monoisotopic (exact) mass is 501 g/mol. The van der Waals surface area contributed by atoms with Crippen molar-refractivity contribution >= 4 is 34.1 Å². The number of hydrogen-bond donors (Lipinski definition) is 3. The highest BCUT2D eigenvalue weighted by Gasteiger charge is 2.21. The number of carbonyl (C=O) groups is 1. The SMILES string of the molecule is CC.CC.CN1CCN(c2ccc(Nc3nc(Cc4ccccc4)c4[nH]cnc4c3C(N)=O)cc2)CC1. The molecule has 8 heteroatoms. The van der Waals surface area contributed by atoms with Crippen LogP contribution in [-0.2, 0) is 6.42 Å². The van der Waals surface area contributed by atoms with Crippen molar-refractivity contribution in [1.82, 2.24) is 19.9 Å². The van der Waals surface area contributed by atoms with Crippen LogP contribution in [-0.4, -0.2) is 59.0 Å². The van der Waals surface area contributed by atoms with Crippen LogP contribution >= 0.6 is 0 Å². The Labute approximate surface area is 219 Å². The highest BCUT2D eigenvalue weighted by atomic mass is 16.1. The number of fused-ring (bicyclic) bond motifs is 1. The molecule has 0 bridgehead atoms. The number of piperazine rings is 1.